The lowest BCUT2D eigenvalue weighted by Crippen LogP contribution is -2.26. The highest BCUT2D eigenvalue weighted by Gasteiger charge is 2.25. The van der Waals surface area contributed by atoms with Gasteiger partial charge in [0.15, 0.2) is 0 Å². The van der Waals surface area contributed by atoms with Gasteiger partial charge in [0.1, 0.15) is 17.7 Å². The third-order valence-corrected chi connectivity index (χ3v) is 7.33. The predicted octanol–water partition coefficient (Wildman–Crippen LogP) is 9.25. The van der Waals surface area contributed by atoms with Crippen molar-refractivity contribution < 1.29 is 18.3 Å². The summed E-state index contributed by atoms with van der Waals surface area (Å²) in [5.74, 6) is 0.123. The number of fused-ring (bicyclic) bond motifs is 1. The number of aryl methyl sites for hydroxylation is 1. The minimum absolute atomic E-state index is 0. The average molecular weight is 607 g/mol. The summed E-state index contributed by atoms with van der Waals surface area (Å²) in [4.78, 5) is 14.1. The number of carbonyl (C=O) groups is 1. The molecule has 240 valence electrons. The SMILES string of the molecule is C.C#C.CC/C=C\C(C1=C(c2ccc(OC3CCN(CCCF)C3)cc2)c2ccc(C(N)=O)cc2CCC1)=C(/C)F.CCC. The van der Waals surface area contributed by atoms with Crippen molar-refractivity contribution in [1.29, 1.82) is 0 Å². The molecule has 1 unspecified atom stereocenters. The van der Waals surface area contributed by atoms with Gasteiger partial charge in [-0.15, -0.1) is 12.8 Å². The van der Waals surface area contributed by atoms with E-state index in [-0.39, 0.29) is 26.0 Å². The van der Waals surface area contributed by atoms with E-state index in [4.69, 9.17) is 10.5 Å². The first-order chi connectivity index (χ1) is 20.8. The number of allylic oxidation sites excluding steroid dienone is 5. The molecule has 44 heavy (non-hydrogen) atoms. The minimum Gasteiger partial charge on any atom is -0.489 e. The highest BCUT2D eigenvalue weighted by Crippen LogP contribution is 2.40. The Morgan fingerprint density at radius 3 is 2.39 bits per heavy atom. The molecule has 4 rings (SSSR count). The number of halogens is 2. The number of ether oxygens (including phenoxy) is 1. The Hall–Kier alpha value is -3.69. The molecule has 0 saturated carbocycles. The Bertz CT molecular complexity index is 1290. The quantitative estimate of drug-likeness (QED) is 0.217. The summed E-state index contributed by atoms with van der Waals surface area (Å²) in [6.07, 6.45) is 17.8. The molecule has 1 saturated heterocycles. The fourth-order valence-electron chi connectivity index (χ4n) is 5.47. The molecule has 6 heteroatoms. The van der Waals surface area contributed by atoms with E-state index >= 15 is 0 Å². The van der Waals surface area contributed by atoms with Gasteiger partial charge in [0.2, 0.25) is 5.91 Å². The van der Waals surface area contributed by atoms with Gasteiger partial charge in [-0.25, -0.2) is 4.39 Å². The van der Waals surface area contributed by atoms with Gasteiger partial charge in [-0.2, -0.15) is 0 Å². The van der Waals surface area contributed by atoms with Gasteiger partial charge in [0, 0.05) is 30.8 Å². The third-order valence-electron chi connectivity index (χ3n) is 7.33. The average Bonchev–Trinajstić information content (AvgIpc) is 3.36. The van der Waals surface area contributed by atoms with Crippen molar-refractivity contribution in [3.63, 3.8) is 0 Å². The molecule has 0 aromatic heterocycles. The number of nitrogens with zero attached hydrogens (tertiary/aromatic N) is 1. The Morgan fingerprint density at radius 2 is 1.80 bits per heavy atom. The summed E-state index contributed by atoms with van der Waals surface area (Å²) < 4.78 is 33.7. The van der Waals surface area contributed by atoms with Crippen molar-refractivity contribution in [2.45, 2.75) is 86.2 Å². The van der Waals surface area contributed by atoms with Crippen molar-refractivity contribution in [1.82, 2.24) is 4.90 Å². The Morgan fingerprint density at radius 1 is 1.11 bits per heavy atom. The molecule has 0 bridgehead atoms. The standard InChI is InChI=1S/C32H38F2N2O2.C3H8.C2H2.CH4/c1-3-4-8-28(22(2)34)30-9-5-7-24-20-25(32(35)37)12-15-29(24)31(30)23-10-13-26(14-11-23)38-27-16-19-36(21-27)18-6-17-33;1-3-2;1-2;/h4,8,10-15,20,27H,3,5-7,9,16-19,21H2,1-2H3,(H2,35,37);3H2,1-2H3;1-2H;1H4/b8-4-,28-22-;;;. The molecular weight excluding hydrogens is 554 g/mol. The van der Waals surface area contributed by atoms with E-state index in [1.54, 1.807) is 6.07 Å². The van der Waals surface area contributed by atoms with Crippen molar-refractivity contribution in [2.24, 2.45) is 5.73 Å². The summed E-state index contributed by atoms with van der Waals surface area (Å²) in [5.41, 5.74) is 11.6. The van der Waals surface area contributed by atoms with Crippen LogP contribution >= 0.6 is 0 Å². The lowest BCUT2D eigenvalue weighted by Gasteiger charge is -2.19. The first-order valence-corrected chi connectivity index (χ1v) is 15.4. The summed E-state index contributed by atoms with van der Waals surface area (Å²) in [6, 6.07) is 13.6. The second kappa shape index (κ2) is 20.3. The number of rotatable bonds is 10. The van der Waals surface area contributed by atoms with E-state index in [0.717, 1.165) is 85.3 Å². The predicted molar refractivity (Wildman–Crippen MR) is 182 cm³/mol. The number of hydrogen-bond donors (Lipinski definition) is 1. The fourth-order valence-corrected chi connectivity index (χ4v) is 5.47. The number of hydrogen-bond acceptors (Lipinski definition) is 3. The van der Waals surface area contributed by atoms with Gasteiger partial charge >= 0.3 is 0 Å². The maximum absolute atomic E-state index is 14.9. The van der Waals surface area contributed by atoms with Crippen LogP contribution in [0.4, 0.5) is 8.78 Å². The van der Waals surface area contributed by atoms with Gasteiger partial charge in [-0.1, -0.05) is 65.0 Å². The molecule has 1 atom stereocenters. The van der Waals surface area contributed by atoms with E-state index in [1.165, 1.54) is 13.3 Å². The van der Waals surface area contributed by atoms with Crippen LogP contribution < -0.4 is 10.5 Å². The van der Waals surface area contributed by atoms with Gasteiger partial charge in [0.05, 0.1) is 6.67 Å². The normalized spacial score (nSPS) is 16.8. The number of nitrogens with two attached hydrogens (primary N) is 1. The van der Waals surface area contributed by atoms with Gasteiger partial charge in [0.25, 0.3) is 0 Å². The van der Waals surface area contributed by atoms with Crippen molar-refractivity contribution in [3.8, 4) is 18.6 Å². The molecule has 1 amide bonds. The molecule has 1 aliphatic heterocycles. The first-order valence-electron chi connectivity index (χ1n) is 15.4. The molecular formula is C38H52F2N2O2. The lowest BCUT2D eigenvalue weighted by atomic mass is 9.86. The topological polar surface area (TPSA) is 55.6 Å². The second-order valence-corrected chi connectivity index (χ2v) is 10.8. The fraction of sp³-hybridized carbons (Fsp3) is 0.447. The number of amides is 1. The molecule has 1 aliphatic carbocycles. The minimum atomic E-state index is -0.453. The highest BCUT2D eigenvalue weighted by atomic mass is 19.1. The Balaban J connectivity index is 0.00000152. The van der Waals surface area contributed by atoms with Crippen LogP contribution in [-0.2, 0) is 6.42 Å². The lowest BCUT2D eigenvalue weighted by molar-refractivity contribution is 0.1000. The molecule has 2 N–H and O–H groups in total. The van der Waals surface area contributed by atoms with E-state index in [9.17, 15) is 13.6 Å². The van der Waals surface area contributed by atoms with Crippen LogP contribution in [0.3, 0.4) is 0 Å². The van der Waals surface area contributed by atoms with Crippen molar-refractivity contribution >= 4 is 11.5 Å². The van der Waals surface area contributed by atoms with E-state index in [1.807, 2.05) is 55.5 Å². The summed E-state index contributed by atoms with van der Waals surface area (Å²) >= 11 is 0. The molecule has 0 spiro atoms. The number of carbonyl (C=O) groups excluding carboxylic acids is 1. The van der Waals surface area contributed by atoms with Crippen LogP contribution in [0.5, 0.6) is 5.75 Å². The number of benzene rings is 2. The zero-order chi connectivity index (χ0) is 31.8. The number of likely N-dealkylation sites (tertiary alicyclic amines) is 1. The molecule has 2 aromatic carbocycles. The van der Waals surface area contributed by atoms with Crippen LogP contribution in [0.1, 0.15) is 101 Å². The van der Waals surface area contributed by atoms with Crippen LogP contribution in [0.15, 0.2) is 71.6 Å². The summed E-state index contributed by atoms with van der Waals surface area (Å²) in [7, 11) is 0. The first kappa shape index (κ1) is 38.3. The van der Waals surface area contributed by atoms with E-state index in [0.29, 0.717) is 17.6 Å². The van der Waals surface area contributed by atoms with E-state index in [2.05, 4.69) is 31.6 Å². The molecule has 0 radical (unpaired) electrons. The molecule has 2 aliphatic rings. The molecule has 1 heterocycles. The maximum atomic E-state index is 14.9. The van der Waals surface area contributed by atoms with Crippen LogP contribution in [0, 0.1) is 12.8 Å². The largest absolute Gasteiger partial charge is 0.489 e. The Labute approximate surface area is 265 Å². The summed E-state index contributed by atoms with van der Waals surface area (Å²) in [6.45, 7) is 10.00. The Kier molecular flexibility index (Phi) is 17.7. The highest BCUT2D eigenvalue weighted by molar-refractivity contribution is 5.95. The molecule has 1 fully saturated rings. The van der Waals surface area contributed by atoms with Crippen LogP contribution in [-0.4, -0.2) is 43.2 Å². The van der Waals surface area contributed by atoms with Gasteiger partial charge in [-0.3, -0.25) is 14.1 Å². The van der Waals surface area contributed by atoms with Gasteiger partial charge in [-0.05, 0) is 97.6 Å². The zero-order valence-electron chi connectivity index (χ0n) is 26.3. The number of alkyl halides is 1. The van der Waals surface area contributed by atoms with Crippen LogP contribution in [0.25, 0.3) is 5.57 Å². The molecule has 2 aromatic rings. The van der Waals surface area contributed by atoms with Crippen molar-refractivity contribution in [2.75, 3.05) is 26.3 Å². The third kappa shape index (κ3) is 10.8. The van der Waals surface area contributed by atoms with Crippen molar-refractivity contribution in [3.05, 3.63) is 93.8 Å². The number of primary amides is 1. The smallest absolute Gasteiger partial charge is 0.248 e. The van der Waals surface area contributed by atoms with Crippen LogP contribution in [0.2, 0.25) is 0 Å². The number of terminal acetylenes is 1. The summed E-state index contributed by atoms with van der Waals surface area (Å²) in [5, 5.41) is 0. The zero-order valence-corrected chi connectivity index (χ0v) is 26.3. The van der Waals surface area contributed by atoms with Gasteiger partial charge < -0.3 is 10.5 Å². The maximum Gasteiger partial charge on any atom is 0.248 e. The second-order valence-electron chi connectivity index (χ2n) is 10.8. The monoisotopic (exact) mass is 606 g/mol. The van der Waals surface area contributed by atoms with E-state index < -0.39 is 5.91 Å². The molecule has 4 nitrogen and oxygen atoms in total.